The summed E-state index contributed by atoms with van der Waals surface area (Å²) in [5.41, 5.74) is -1.06. The highest BCUT2D eigenvalue weighted by Gasteiger charge is 2.63. The van der Waals surface area contributed by atoms with Crippen LogP contribution in [0.3, 0.4) is 0 Å². The lowest BCUT2D eigenvalue weighted by Gasteiger charge is -2.54. The lowest BCUT2D eigenvalue weighted by molar-refractivity contribution is -0.384. The van der Waals surface area contributed by atoms with Gasteiger partial charge in [-0.25, -0.2) is 13.2 Å². The average Bonchev–Trinajstić information content (AvgIpc) is 2.86. The molecule has 1 N–H and O–H groups in total. The Morgan fingerprint density at radius 3 is 2.49 bits per heavy atom. The third kappa shape index (κ3) is 3.30. The van der Waals surface area contributed by atoms with Crippen molar-refractivity contribution in [3.05, 3.63) is 64.2 Å². The molecule has 2 aromatic rings. The number of hydrogen-bond donors (Lipinski definition) is 1. The fraction of sp³-hybridized carbons (Fsp3) is 0.318. The number of urea groups is 1. The van der Waals surface area contributed by atoms with Gasteiger partial charge in [-0.3, -0.25) is 29.9 Å². The molecule has 2 aromatic carbocycles. The van der Waals surface area contributed by atoms with Crippen molar-refractivity contribution in [3.63, 3.8) is 0 Å². The molecule has 0 unspecified atom stereocenters. The van der Waals surface area contributed by atoms with Crippen LogP contribution in [0.25, 0.3) is 0 Å². The second-order valence-electron chi connectivity index (χ2n) is 8.73. The number of hydrogen-bond acceptors (Lipinski definition) is 8. The first-order chi connectivity index (χ1) is 16.6. The molecule has 0 aliphatic carbocycles. The fourth-order valence-electron chi connectivity index (χ4n) is 5.18. The standard InChI is InChI=1S/C22H21N5O7S/c1-24-20(29)22(19(28)23-21(24)30)12-14-11-15(27(31)32)7-8-17(14)26-10-9-25(13-18(22)26)35(33,34)16-5-3-2-4-6-16/h2-8,11,18H,9-10,12-13H2,1H3,(H,23,28,30)/t18-,22+/m1/s1. The summed E-state index contributed by atoms with van der Waals surface area (Å²) in [6.45, 7) is 0.0289. The molecule has 0 bridgehead atoms. The Bertz CT molecular complexity index is 1380. The number of nitro groups is 1. The molecule has 4 amide bonds. The predicted octanol–water partition coefficient (Wildman–Crippen LogP) is 0.725. The summed E-state index contributed by atoms with van der Waals surface area (Å²) in [5, 5.41) is 13.6. The third-order valence-corrected chi connectivity index (χ3v) is 8.84. The first-order valence-electron chi connectivity index (χ1n) is 10.8. The second kappa shape index (κ2) is 7.85. The van der Waals surface area contributed by atoms with Gasteiger partial charge in [-0.05, 0) is 23.8 Å². The van der Waals surface area contributed by atoms with E-state index in [0.717, 1.165) is 4.90 Å². The van der Waals surface area contributed by atoms with Gasteiger partial charge in [0, 0.05) is 50.9 Å². The quantitative estimate of drug-likeness (QED) is 0.369. The number of amides is 4. The number of piperazine rings is 1. The van der Waals surface area contributed by atoms with Crippen molar-refractivity contribution in [3.8, 4) is 0 Å². The maximum atomic E-state index is 13.5. The summed E-state index contributed by atoms with van der Waals surface area (Å²) in [6.07, 6.45) is -0.216. The zero-order valence-electron chi connectivity index (χ0n) is 18.6. The highest BCUT2D eigenvalue weighted by atomic mass is 32.2. The number of imide groups is 2. The van der Waals surface area contributed by atoms with Crippen molar-refractivity contribution < 1.29 is 27.7 Å². The van der Waals surface area contributed by atoms with Crippen molar-refractivity contribution in [2.24, 2.45) is 5.41 Å². The number of fused-ring (bicyclic) bond motifs is 4. The molecule has 35 heavy (non-hydrogen) atoms. The van der Waals surface area contributed by atoms with Gasteiger partial charge in [-0.15, -0.1) is 0 Å². The molecular weight excluding hydrogens is 478 g/mol. The van der Waals surface area contributed by atoms with Crippen LogP contribution in [-0.4, -0.2) is 73.1 Å². The zero-order valence-corrected chi connectivity index (χ0v) is 19.4. The minimum absolute atomic E-state index is 0.0742. The molecule has 2 atom stereocenters. The highest BCUT2D eigenvalue weighted by Crippen LogP contribution is 2.46. The number of carbonyl (C=O) groups is 3. The summed E-state index contributed by atoms with van der Waals surface area (Å²) >= 11 is 0. The molecule has 2 fully saturated rings. The molecule has 3 heterocycles. The Morgan fingerprint density at radius 1 is 1.09 bits per heavy atom. The predicted molar refractivity (Wildman–Crippen MR) is 122 cm³/mol. The molecule has 0 radical (unpaired) electrons. The minimum Gasteiger partial charge on any atom is -0.364 e. The molecule has 0 aromatic heterocycles. The van der Waals surface area contributed by atoms with Crippen LogP contribution >= 0.6 is 0 Å². The maximum absolute atomic E-state index is 13.5. The van der Waals surface area contributed by atoms with E-state index in [1.807, 2.05) is 0 Å². The van der Waals surface area contributed by atoms with Gasteiger partial charge in [-0.1, -0.05) is 18.2 Å². The van der Waals surface area contributed by atoms with E-state index in [1.54, 1.807) is 29.2 Å². The summed E-state index contributed by atoms with van der Waals surface area (Å²) in [7, 11) is -2.69. The number of sulfonamides is 1. The van der Waals surface area contributed by atoms with Gasteiger partial charge in [0.05, 0.1) is 15.9 Å². The van der Waals surface area contributed by atoms with Gasteiger partial charge >= 0.3 is 6.03 Å². The van der Waals surface area contributed by atoms with Crippen molar-refractivity contribution in [2.75, 3.05) is 31.6 Å². The van der Waals surface area contributed by atoms with Gasteiger partial charge in [0.1, 0.15) is 0 Å². The summed E-state index contributed by atoms with van der Waals surface area (Å²) in [6, 6.07) is 10.2. The van der Waals surface area contributed by atoms with Crippen LogP contribution in [0, 0.1) is 15.5 Å². The van der Waals surface area contributed by atoms with Gasteiger partial charge in [0.25, 0.3) is 5.69 Å². The van der Waals surface area contributed by atoms with E-state index in [2.05, 4.69) is 5.32 Å². The van der Waals surface area contributed by atoms with E-state index in [9.17, 15) is 32.9 Å². The fourth-order valence-corrected chi connectivity index (χ4v) is 6.64. The number of anilines is 1. The van der Waals surface area contributed by atoms with Crippen LogP contribution < -0.4 is 10.2 Å². The van der Waals surface area contributed by atoms with E-state index in [-0.39, 0.29) is 36.6 Å². The Morgan fingerprint density at radius 2 is 1.80 bits per heavy atom. The smallest absolute Gasteiger partial charge is 0.330 e. The van der Waals surface area contributed by atoms with Crippen molar-refractivity contribution in [1.82, 2.24) is 14.5 Å². The maximum Gasteiger partial charge on any atom is 0.330 e. The van der Waals surface area contributed by atoms with E-state index in [0.29, 0.717) is 11.3 Å². The van der Waals surface area contributed by atoms with Gasteiger partial charge < -0.3 is 4.90 Å². The lowest BCUT2D eigenvalue weighted by atomic mass is 9.68. The number of carbonyl (C=O) groups excluding carboxylic acids is 3. The topological polar surface area (TPSA) is 150 Å². The number of rotatable bonds is 3. The Labute approximate surface area is 200 Å². The Kier molecular flexibility index (Phi) is 5.14. The zero-order chi connectivity index (χ0) is 25.1. The normalized spacial score (nSPS) is 24.7. The van der Waals surface area contributed by atoms with Crippen LogP contribution in [-0.2, 0) is 26.0 Å². The summed E-state index contributed by atoms with van der Waals surface area (Å²) in [5.74, 6) is -1.63. The van der Waals surface area contributed by atoms with Crippen molar-refractivity contribution in [2.45, 2.75) is 17.4 Å². The Hall–Kier alpha value is -3.84. The second-order valence-corrected chi connectivity index (χ2v) is 10.7. The molecule has 3 aliphatic rings. The third-order valence-electron chi connectivity index (χ3n) is 6.96. The van der Waals surface area contributed by atoms with Crippen LogP contribution in [0.5, 0.6) is 0 Å². The molecular formula is C22H21N5O7S. The molecule has 2 saturated heterocycles. The van der Waals surface area contributed by atoms with Gasteiger partial charge in [0.2, 0.25) is 21.8 Å². The minimum atomic E-state index is -3.93. The van der Waals surface area contributed by atoms with Crippen LogP contribution in [0.15, 0.2) is 53.4 Å². The number of nitrogens with zero attached hydrogens (tertiary/aromatic N) is 4. The molecule has 13 heteroatoms. The number of nitrogens with one attached hydrogen (secondary N) is 1. The van der Waals surface area contributed by atoms with Crippen LogP contribution in [0.1, 0.15) is 5.56 Å². The van der Waals surface area contributed by atoms with Crippen molar-refractivity contribution >= 4 is 39.2 Å². The van der Waals surface area contributed by atoms with Crippen LogP contribution in [0.2, 0.25) is 0 Å². The van der Waals surface area contributed by atoms with Gasteiger partial charge in [0.15, 0.2) is 5.41 Å². The van der Waals surface area contributed by atoms with E-state index < -0.39 is 44.2 Å². The monoisotopic (exact) mass is 499 g/mol. The molecule has 0 saturated carbocycles. The average molecular weight is 500 g/mol. The number of non-ortho nitro benzene ring substituents is 1. The van der Waals surface area contributed by atoms with E-state index >= 15 is 0 Å². The molecule has 1 spiro atoms. The number of benzene rings is 2. The molecule has 12 nitrogen and oxygen atoms in total. The van der Waals surface area contributed by atoms with Crippen molar-refractivity contribution in [1.29, 1.82) is 0 Å². The number of barbiturate groups is 1. The van der Waals surface area contributed by atoms with Crippen LogP contribution in [0.4, 0.5) is 16.2 Å². The molecule has 3 aliphatic heterocycles. The largest absolute Gasteiger partial charge is 0.364 e. The highest BCUT2D eigenvalue weighted by molar-refractivity contribution is 7.89. The summed E-state index contributed by atoms with van der Waals surface area (Å²) < 4.78 is 28.0. The van der Waals surface area contributed by atoms with Gasteiger partial charge in [-0.2, -0.15) is 4.31 Å². The first-order valence-corrected chi connectivity index (χ1v) is 12.2. The molecule has 5 rings (SSSR count). The number of nitro benzene ring substituents is 1. The first kappa shape index (κ1) is 22.9. The summed E-state index contributed by atoms with van der Waals surface area (Å²) in [4.78, 5) is 52.5. The van der Waals surface area contributed by atoms with E-state index in [4.69, 9.17) is 0 Å². The SMILES string of the molecule is CN1C(=O)NC(=O)[C@@]2(Cc3cc([N+](=O)[O-])ccc3N3CCN(S(=O)(=O)c4ccccc4)C[C@@H]32)C1=O. The molecule has 182 valence electrons. The Balaban J connectivity index is 1.64. The lowest BCUT2D eigenvalue weighted by Crippen LogP contribution is -2.74. The van der Waals surface area contributed by atoms with E-state index in [1.165, 1.54) is 35.6 Å².